The normalized spacial score (nSPS) is 10.5. The van der Waals surface area contributed by atoms with Crippen LogP contribution in [0.15, 0.2) is 65.8 Å². The Morgan fingerprint density at radius 2 is 1.88 bits per heavy atom. The van der Waals surface area contributed by atoms with Gasteiger partial charge in [-0.3, -0.25) is 4.79 Å². The Hall–Kier alpha value is -3.78. The van der Waals surface area contributed by atoms with Gasteiger partial charge in [-0.25, -0.2) is 0 Å². The average Bonchev–Trinajstić information content (AvgIpc) is 2.65. The highest BCUT2D eigenvalue weighted by Gasteiger charge is 2.03. The molecule has 5 nitrogen and oxygen atoms in total. The third-order valence-corrected chi connectivity index (χ3v) is 3.81. The number of hydrogen-bond acceptors (Lipinski definition) is 4. The van der Waals surface area contributed by atoms with Crippen LogP contribution in [0.5, 0.6) is 0 Å². The van der Waals surface area contributed by atoms with Crippen molar-refractivity contribution in [1.82, 2.24) is 5.32 Å². The average molecular weight is 342 g/mol. The molecule has 0 aliphatic rings. The fourth-order valence-corrected chi connectivity index (χ4v) is 2.56. The Morgan fingerprint density at radius 3 is 2.69 bits per heavy atom. The number of nitrogens with one attached hydrogen (secondary N) is 1. The number of nitrogen functional groups attached to an aromatic ring is 1. The van der Waals surface area contributed by atoms with Gasteiger partial charge in [0.1, 0.15) is 0 Å². The van der Waals surface area contributed by atoms with E-state index in [0.29, 0.717) is 11.3 Å². The summed E-state index contributed by atoms with van der Waals surface area (Å²) in [5.41, 5.74) is 8.59. The summed E-state index contributed by atoms with van der Waals surface area (Å²) < 4.78 is 0. The minimum Gasteiger partial charge on any atom is -0.399 e. The number of hydrazone groups is 1. The maximum absolute atomic E-state index is 12.0. The zero-order valence-electron chi connectivity index (χ0n) is 14.1. The van der Waals surface area contributed by atoms with Gasteiger partial charge < -0.3 is 16.9 Å². The van der Waals surface area contributed by atoms with E-state index in [4.69, 9.17) is 11.6 Å². The number of carbonyl (C=O) groups is 1. The van der Waals surface area contributed by atoms with Crippen LogP contribution in [0.25, 0.3) is 10.8 Å². The molecule has 0 aliphatic carbocycles. The van der Waals surface area contributed by atoms with Gasteiger partial charge in [-0.1, -0.05) is 36.1 Å². The summed E-state index contributed by atoms with van der Waals surface area (Å²) in [6, 6.07) is 18.7. The minimum absolute atomic E-state index is 0.195. The standard InChI is InChI=1S/C21H18N4O/c22-20-5-1-4-19(13-20)21(26)24-10-2-3-15-6-8-18-12-16(14-25-23)7-9-17(18)11-15/h1,4-9,11-14H,10,22-23H2,(H,24,26). The molecule has 128 valence electrons. The van der Waals surface area contributed by atoms with E-state index in [0.717, 1.165) is 21.9 Å². The summed E-state index contributed by atoms with van der Waals surface area (Å²) in [7, 11) is 0. The van der Waals surface area contributed by atoms with E-state index in [2.05, 4.69) is 22.3 Å². The SMILES string of the molecule is NN=Cc1ccc2cc(C#CCNC(=O)c3cccc(N)c3)ccc2c1. The van der Waals surface area contributed by atoms with Crippen molar-refractivity contribution in [3.8, 4) is 11.8 Å². The summed E-state index contributed by atoms with van der Waals surface area (Å²) in [4.78, 5) is 12.0. The predicted octanol–water partition coefficient (Wildman–Crippen LogP) is 2.50. The lowest BCUT2D eigenvalue weighted by Gasteiger charge is -2.02. The largest absolute Gasteiger partial charge is 0.399 e. The minimum atomic E-state index is -0.195. The van der Waals surface area contributed by atoms with Crippen molar-refractivity contribution in [2.45, 2.75) is 0 Å². The van der Waals surface area contributed by atoms with Gasteiger partial charge in [0.25, 0.3) is 5.91 Å². The molecule has 0 bridgehead atoms. The molecule has 5 heteroatoms. The van der Waals surface area contributed by atoms with Gasteiger partial charge >= 0.3 is 0 Å². The zero-order valence-corrected chi connectivity index (χ0v) is 14.1. The van der Waals surface area contributed by atoms with Crippen molar-refractivity contribution in [2.24, 2.45) is 10.9 Å². The van der Waals surface area contributed by atoms with Crippen LogP contribution in [-0.2, 0) is 0 Å². The number of nitrogens with two attached hydrogens (primary N) is 2. The highest BCUT2D eigenvalue weighted by molar-refractivity contribution is 5.95. The van der Waals surface area contributed by atoms with Crippen LogP contribution >= 0.6 is 0 Å². The molecule has 0 unspecified atom stereocenters. The summed E-state index contributed by atoms with van der Waals surface area (Å²) >= 11 is 0. The molecule has 3 rings (SSSR count). The van der Waals surface area contributed by atoms with Crippen molar-refractivity contribution >= 4 is 28.6 Å². The van der Waals surface area contributed by atoms with Crippen molar-refractivity contribution in [3.05, 3.63) is 77.4 Å². The number of amides is 1. The molecule has 0 aromatic heterocycles. The van der Waals surface area contributed by atoms with E-state index in [1.54, 1.807) is 30.5 Å². The molecule has 0 saturated carbocycles. The Bertz CT molecular complexity index is 1040. The maximum atomic E-state index is 12.0. The number of carbonyl (C=O) groups excluding carboxylic acids is 1. The number of anilines is 1. The Balaban J connectivity index is 1.66. The third-order valence-electron chi connectivity index (χ3n) is 3.81. The van der Waals surface area contributed by atoms with Crippen LogP contribution in [0.1, 0.15) is 21.5 Å². The fraction of sp³-hybridized carbons (Fsp3) is 0.0476. The number of nitrogens with zero attached hydrogens (tertiary/aromatic N) is 1. The molecule has 0 aliphatic heterocycles. The first-order valence-electron chi connectivity index (χ1n) is 8.05. The summed E-state index contributed by atoms with van der Waals surface area (Å²) in [5.74, 6) is 11.0. The van der Waals surface area contributed by atoms with Crippen LogP contribution in [-0.4, -0.2) is 18.7 Å². The molecule has 0 radical (unpaired) electrons. The quantitative estimate of drug-likeness (QED) is 0.224. The Labute approximate surface area is 151 Å². The first kappa shape index (κ1) is 17.1. The fourth-order valence-electron chi connectivity index (χ4n) is 2.56. The van der Waals surface area contributed by atoms with Crippen LogP contribution in [0.3, 0.4) is 0 Å². The molecule has 3 aromatic rings. The molecular weight excluding hydrogens is 324 g/mol. The lowest BCUT2D eigenvalue weighted by atomic mass is 10.0. The summed E-state index contributed by atoms with van der Waals surface area (Å²) in [6.45, 7) is 0.261. The van der Waals surface area contributed by atoms with Gasteiger partial charge in [0, 0.05) is 16.8 Å². The van der Waals surface area contributed by atoms with Crippen molar-refractivity contribution < 1.29 is 4.79 Å². The van der Waals surface area contributed by atoms with Crippen molar-refractivity contribution in [1.29, 1.82) is 0 Å². The Kier molecular flexibility index (Phi) is 5.16. The Morgan fingerprint density at radius 1 is 1.08 bits per heavy atom. The molecule has 0 atom stereocenters. The number of rotatable bonds is 3. The first-order chi connectivity index (χ1) is 12.7. The second-order valence-corrected chi connectivity index (χ2v) is 5.71. The second-order valence-electron chi connectivity index (χ2n) is 5.71. The maximum Gasteiger partial charge on any atom is 0.252 e. The molecule has 5 N–H and O–H groups in total. The van der Waals surface area contributed by atoms with Gasteiger partial charge in [-0.05, 0) is 52.7 Å². The molecule has 0 spiro atoms. The lowest BCUT2D eigenvalue weighted by molar-refractivity contribution is 0.0958. The van der Waals surface area contributed by atoms with Gasteiger partial charge in [0.15, 0.2) is 0 Å². The molecular formula is C21H18N4O. The molecule has 26 heavy (non-hydrogen) atoms. The first-order valence-corrected chi connectivity index (χ1v) is 8.05. The summed E-state index contributed by atoms with van der Waals surface area (Å²) in [5, 5.41) is 8.46. The van der Waals surface area contributed by atoms with Gasteiger partial charge in [-0.15, -0.1) is 0 Å². The lowest BCUT2D eigenvalue weighted by Crippen LogP contribution is -2.23. The number of benzene rings is 3. The van der Waals surface area contributed by atoms with Crippen LogP contribution in [0, 0.1) is 11.8 Å². The monoisotopic (exact) mass is 342 g/mol. The van der Waals surface area contributed by atoms with Crippen LogP contribution < -0.4 is 16.9 Å². The molecule has 0 fully saturated rings. The van der Waals surface area contributed by atoms with Gasteiger partial charge in [0.2, 0.25) is 0 Å². The third kappa shape index (κ3) is 4.19. The van der Waals surface area contributed by atoms with E-state index in [1.165, 1.54) is 0 Å². The molecule has 3 aromatic carbocycles. The number of fused-ring (bicyclic) bond motifs is 1. The second kappa shape index (κ2) is 7.86. The zero-order chi connectivity index (χ0) is 18.4. The van der Waals surface area contributed by atoms with E-state index >= 15 is 0 Å². The topological polar surface area (TPSA) is 93.5 Å². The highest BCUT2D eigenvalue weighted by atomic mass is 16.1. The van der Waals surface area contributed by atoms with E-state index in [-0.39, 0.29) is 12.5 Å². The van der Waals surface area contributed by atoms with Crippen molar-refractivity contribution in [2.75, 3.05) is 12.3 Å². The molecule has 0 saturated heterocycles. The van der Waals surface area contributed by atoms with Gasteiger partial charge in [-0.2, -0.15) is 5.10 Å². The highest BCUT2D eigenvalue weighted by Crippen LogP contribution is 2.17. The van der Waals surface area contributed by atoms with E-state index in [9.17, 15) is 4.79 Å². The van der Waals surface area contributed by atoms with Gasteiger partial charge in [0.05, 0.1) is 12.8 Å². The summed E-state index contributed by atoms with van der Waals surface area (Å²) in [6.07, 6.45) is 1.61. The van der Waals surface area contributed by atoms with Crippen LogP contribution in [0.2, 0.25) is 0 Å². The van der Waals surface area contributed by atoms with Crippen LogP contribution in [0.4, 0.5) is 5.69 Å². The molecule has 0 heterocycles. The van der Waals surface area contributed by atoms with Crippen molar-refractivity contribution in [3.63, 3.8) is 0 Å². The molecule has 1 amide bonds. The smallest absolute Gasteiger partial charge is 0.252 e. The van der Waals surface area contributed by atoms with E-state index < -0.39 is 0 Å². The predicted molar refractivity (Wildman–Crippen MR) is 106 cm³/mol. The van der Waals surface area contributed by atoms with E-state index in [1.807, 2.05) is 36.4 Å². The number of hydrogen-bond donors (Lipinski definition) is 3.